The van der Waals surface area contributed by atoms with Crippen LogP contribution in [0.25, 0.3) is 5.57 Å². The second-order valence-electron chi connectivity index (χ2n) is 4.62. The molecule has 0 heterocycles. The molecule has 0 saturated carbocycles. The van der Waals surface area contributed by atoms with E-state index in [1.807, 2.05) is 49.4 Å². The summed E-state index contributed by atoms with van der Waals surface area (Å²) in [7, 11) is 1.64. The summed E-state index contributed by atoms with van der Waals surface area (Å²) < 4.78 is 5.34. The molecule has 2 nitrogen and oxygen atoms in total. The summed E-state index contributed by atoms with van der Waals surface area (Å²) in [6, 6.07) is 13.9. The molecular formula is C17H18ClNO. The lowest BCUT2D eigenvalue weighted by Gasteiger charge is -2.14. The maximum Gasteiger partial charge on any atom is 0.143 e. The van der Waals surface area contributed by atoms with Crippen molar-refractivity contribution in [3.8, 4) is 5.75 Å². The van der Waals surface area contributed by atoms with Crippen molar-refractivity contribution in [1.29, 1.82) is 0 Å². The van der Waals surface area contributed by atoms with E-state index in [2.05, 4.69) is 11.9 Å². The van der Waals surface area contributed by atoms with Crippen LogP contribution in [0.1, 0.15) is 11.1 Å². The third-order valence-electron chi connectivity index (χ3n) is 3.16. The summed E-state index contributed by atoms with van der Waals surface area (Å²) in [5, 5.41) is 4.05. The molecule has 0 aliphatic rings. The SMILES string of the molecule is C=C(CNc1cc(C)c(Cl)cc1OC)c1ccccc1. The molecule has 0 aliphatic carbocycles. The standard InChI is InChI=1S/C17H18ClNO/c1-12-9-16(17(20-3)10-15(12)18)19-11-13(2)14-7-5-4-6-8-14/h4-10,19H,2,11H2,1,3H3. The minimum Gasteiger partial charge on any atom is -0.495 e. The molecule has 0 amide bonds. The maximum absolute atomic E-state index is 6.10. The van der Waals surface area contributed by atoms with Crippen LogP contribution >= 0.6 is 11.6 Å². The fraction of sp³-hybridized carbons (Fsp3) is 0.176. The van der Waals surface area contributed by atoms with Crippen LogP contribution in [0.5, 0.6) is 5.75 Å². The molecular weight excluding hydrogens is 270 g/mol. The monoisotopic (exact) mass is 287 g/mol. The molecule has 1 N–H and O–H groups in total. The van der Waals surface area contributed by atoms with E-state index >= 15 is 0 Å². The summed E-state index contributed by atoms with van der Waals surface area (Å²) >= 11 is 6.10. The Kier molecular flexibility index (Phi) is 4.70. The summed E-state index contributed by atoms with van der Waals surface area (Å²) in [6.07, 6.45) is 0. The average molecular weight is 288 g/mol. The van der Waals surface area contributed by atoms with Crippen molar-refractivity contribution in [2.24, 2.45) is 0 Å². The van der Waals surface area contributed by atoms with E-state index in [-0.39, 0.29) is 0 Å². The summed E-state index contributed by atoms with van der Waals surface area (Å²) in [5.41, 5.74) is 4.09. The molecule has 0 saturated heterocycles. The molecule has 2 aromatic rings. The van der Waals surface area contributed by atoms with Gasteiger partial charge in [0.05, 0.1) is 12.8 Å². The van der Waals surface area contributed by atoms with Crippen LogP contribution in [-0.4, -0.2) is 13.7 Å². The second-order valence-corrected chi connectivity index (χ2v) is 5.03. The topological polar surface area (TPSA) is 21.3 Å². The second kappa shape index (κ2) is 6.49. The van der Waals surface area contributed by atoms with Gasteiger partial charge >= 0.3 is 0 Å². The highest BCUT2D eigenvalue weighted by Gasteiger charge is 2.07. The van der Waals surface area contributed by atoms with E-state index in [1.54, 1.807) is 7.11 Å². The van der Waals surface area contributed by atoms with E-state index in [9.17, 15) is 0 Å². The van der Waals surface area contributed by atoms with Gasteiger partial charge in [-0.1, -0.05) is 48.5 Å². The van der Waals surface area contributed by atoms with Gasteiger partial charge in [0.2, 0.25) is 0 Å². The number of anilines is 1. The van der Waals surface area contributed by atoms with Crippen molar-refractivity contribution in [2.45, 2.75) is 6.92 Å². The Morgan fingerprint density at radius 1 is 1.25 bits per heavy atom. The number of hydrogen-bond acceptors (Lipinski definition) is 2. The predicted molar refractivity (Wildman–Crippen MR) is 86.7 cm³/mol. The van der Waals surface area contributed by atoms with Crippen LogP contribution < -0.4 is 10.1 Å². The van der Waals surface area contributed by atoms with Gasteiger partial charge in [-0.15, -0.1) is 0 Å². The van der Waals surface area contributed by atoms with Gasteiger partial charge in [-0.2, -0.15) is 0 Å². The molecule has 0 fully saturated rings. The van der Waals surface area contributed by atoms with Crippen molar-refractivity contribution in [1.82, 2.24) is 0 Å². The Bertz CT molecular complexity index is 608. The first kappa shape index (κ1) is 14.5. The first-order valence-electron chi connectivity index (χ1n) is 6.43. The van der Waals surface area contributed by atoms with Gasteiger partial charge in [0.25, 0.3) is 0 Å². The Morgan fingerprint density at radius 2 is 1.95 bits per heavy atom. The molecule has 0 aromatic heterocycles. The minimum absolute atomic E-state index is 0.654. The number of nitrogens with one attached hydrogen (secondary N) is 1. The van der Waals surface area contributed by atoms with Gasteiger partial charge in [0.15, 0.2) is 0 Å². The van der Waals surface area contributed by atoms with E-state index < -0.39 is 0 Å². The van der Waals surface area contributed by atoms with Crippen LogP contribution in [0, 0.1) is 6.92 Å². The highest BCUT2D eigenvalue weighted by molar-refractivity contribution is 6.31. The number of benzene rings is 2. The number of aryl methyl sites for hydroxylation is 1. The molecule has 3 heteroatoms. The fourth-order valence-corrected chi connectivity index (χ4v) is 2.10. The quantitative estimate of drug-likeness (QED) is 0.854. The normalized spacial score (nSPS) is 10.2. The zero-order valence-corrected chi connectivity index (χ0v) is 12.5. The Morgan fingerprint density at radius 3 is 2.60 bits per heavy atom. The smallest absolute Gasteiger partial charge is 0.143 e. The number of methoxy groups -OCH3 is 1. The van der Waals surface area contributed by atoms with Gasteiger partial charge in [-0.3, -0.25) is 0 Å². The summed E-state index contributed by atoms with van der Waals surface area (Å²) in [6.45, 7) is 6.73. The zero-order chi connectivity index (χ0) is 14.5. The first-order chi connectivity index (χ1) is 9.61. The lowest BCUT2D eigenvalue weighted by molar-refractivity contribution is 0.416. The highest BCUT2D eigenvalue weighted by atomic mass is 35.5. The molecule has 2 aromatic carbocycles. The van der Waals surface area contributed by atoms with Crippen LogP contribution in [0.3, 0.4) is 0 Å². The summed E-state index contributed by atoms with van der Waals surface area (Å²) in [5.74, 6) is 0.737. The third-order valence-corrected chi connectivity index (χ3v) is 3.56. The predicted octanol–water partition coefficient (Wildman–Crippen LogP) is 4.78. The highest BCUT2D eigenvalue weighted by Crippen LogP contribution is 2.31. The van der Waals surface area contributed by atoms with Crippen LogP contribution in [-0.2, 0) is 0 Å². The van der Waals surface area contributed by atoms with E-state index in [0.717, 1.165) is 28.1 Å². The van der Waals surface area contributed by atoms with Gasteiger partial charge < -0.3 is 10.1 Å². The lowest BCUT2D eigenvalue weighted by Crippen LogP contribution is -2.05. The number of ether oxygens (including phenoxy) is 1. The van der Waals surface area contributed by atoms with E-state index in [1.165, 1.54) is 0 Å². The van der Waals surface area contributed by atoms with Crippen molar-refractivity contribution in [3.05, 3.63) is 65.2 Å². The summed E-state index contributed by atoms with van der Waals surface area (Å²) in [4.78, 5) is 0. The molecule has 104 valence electrons. The van der Waals surface area contributed by atoms with Crippen LogP contribution in [0.15, 0.2) is 49.0 Å². The fourth-order valence-electron chi connectivity index (χ4n) is 1.95. The minimum atomic E-state index is 0.654. The van der Waals surface area contributed by atoms with Crippen molar-refractivity contribution in [3.63, 3.8) is 0 Å². The molecule has 2 rings (SSSR count). The Labute approximate surface area is 125 Å². The Balaban J connectivity index is 2.11. The first-order valence-corrected chi connectivity index (χ1v) is 6.81. The molecule has 0 radical (unpaired) electrons. The zero-order valence-electron chi connectivity index (χ0n) is 11.7. The van der Waals surface area contributed by atoms with Crippen LogP contribution in [0.4, 0.5) is 5.69 Å². The van der Waals surface area contributed by atoms with Crippen LogP contribution in [0.2, 0.25) is 5.02 Å². The molecule has 20 heavy (non-hydrogen) atoms. The third kappa shape index (κ3) is 3.34. The van der Waals surface area contributed by atoms with Gasteiger partial charge in [-0.25, -0.2) is 0 Å². The average Bonchev–Trinajstić information content (AvgIpc) is 2.48. The number of halogens is 1. The van der Waals surface area contributed by atoms with E-state index in [0.29, 0.717) is 11.6 Å². The van der Waals surface area contributed by atoms with Gasteiger partial charge in [-0.05, 0) is 29.7 Å². The number of rotatable bonds is 5. The molecule has 0 bridgehead atoms. The molecule has 0 atom stereocenters. The van der Waals surface area contributed by atoms with Crippen molar-refractivity contribution in [2.75, 3.05) is 19.0 Å². The molecule has 0 unspecified atom stereocenters. The van der Waals surface area contributed by atoms with Gasteiger partial charge in [0.1, 0.15) is 5.75 Å². The molecule has 0 aliphatic heterocycles. The van der Waals surface area contributed by atoms with Gasteiger partial charge in [0, 0.05) is 17.6 Å². The Hall–Kier alpha value is -1.93. The lowest BCUT2D eigenvalue weighted by atomic mass is 10.1. The number of hydrogen-bond donors (Lipinski definition) is 1. The van der Waals surface area contributed by atoms with E-state index in [4.69, 9.17) is 16.3 Å². The van der Waals surface area contributed by atoms with Crippen molar-refractivity contribution < 1.29 is 4.74 Å². The maximum atomic E-state index is 6.10. The van der Waals surface area contributed by atoms with Crippen molar-refractivity contribution >= 4 is 22.9 Å². The molecule has 0 spiro atoms. The largest absolute Gasteiger partial charge is 0.495 e.